The quantitative estimate of drug-likeness (QED) is 0.341. The third-order valence-corrected chi connectivity index (χ3v) is 5.61. The SMILES string of the molecule is COc1cc(C(c2c(C)[nH][nH]c2=O)c2c(C)[nH][nH]c2=O)ccc1OCCc1ccccc1. The van der Waals surface area contributed by atoms with Gasteiger partial charge in [-0.15, -0.1) is 0 Å². The Hall–Kier alpha value is -3.94. The van der Waals surface area contributed by atoms with Gasteiger partial charge in [-0.1, -0.05) is 36.4 Å². The second-order valence-electron chi connectivity index (χ2n) is 7.66. The molecule has 4 rings (SSSR count). The van der Waals surface area contributed by atoms with Crippen molar-refractivity contribution >= 4 is 0 Å². The molecule has 8 heteroatoms. The summed E-state index contributed by atoms with van der Waals surface area (Å²) < 4.78 is 11.6. The molecule has 0 radical (unpaired) electrons. The lowest BCUT2D eigenvalue weighted by Gasteiger charge is -2.18. The molecule has 4 aromatic rings. The second-order valence-corrected chi connectivity index (χ2v) is 7.66. The number of nitrogens with one attached hydrogen (secondary N) is 4. The van der Waals surface area contributed by atoms with Gasteiger partial charge in [0.1, 0.15) is 0 Å². The summed E-state index contributed by atoms with van der Waals surface area (Å²) >= 11 is 0. The molecule has 0 spiro atoms. The first-order chi connectivity index (χ1) is 15.5. The fourth-order valence-corrected chi connectivity index (χ4v) is 3.99. The Bertz CT molecular complexity index is 1260. The van der Waals surface area contributed by atoms with Crippen molar-refractivity contribution in [3.63, 3.8) is 0 Å². The number of H-pyrrole nitrogens is 4. The first-order valence-electron chi connectivity index (χ1n) is 10.4. The van der Waals surface area contributed by atoms with Gasteiger partial charge in [0.15, 0.2) is 11.5 Å². The molecule has 8 nitrogen and oxygen atoms in total. The van der Waals surface area contributed by atoms with Gasteiger partial charge in [-0.05, 0) is 37.1 Å². The number of methoxy groups -OCH3 is 1. The highest BCUT2D eigenvalue weighted by molar-refractivity contribution is 5.50. The standard InChI is InChI=1S/C24H26N4O4/c1-14-20(23(29)27-25-14)22(21-15(2)26-28-24(21)30)17-9-10-18(19(13-17)31-3)32-12-11-16-7-5-4-6-8-16/h4-10,13,22H,11-12H2,1-3H3,(H2,25,27,29)(H2,26,28,30). The molecule has 0 bridgehead atoms. The minimum atomic E-state index is -0.577. The van der Waals surface area contributed by atoms with Crippen LogP contribution in [-0.2, 0) is 6.42 Å². The van der Waals surface area contributed by atoms with Crippen LogP contribution in [-0.4, -0.2) is 34.1 Å². The Morgan fingerprint density at radius 2 is 1.44 bits per heavy atom. The van der Waals surface area contributed by atoms with E-state index in [1.165, 1.54) is 5.56 Å². The molecule has 0 aliphatic rings. The van der Waals surface area contributed by atoms with E-state index in [0.717, 1.165) is 12.0 Å². The zero-order valence-electron chi connectivity index (χ0n) is 18.2. The van der Waals surface area contributed by atoms with E-state index < -0.39 is 5.92 Å². The predicted octanol–water partition coefficient (Wildman–Crippen LogP) is 3.15. The van der Waals surface area contributed by atoms with E-state index in [1.807, 2.05) is 36.4 Å². The van der Waals surface area contributed by atoms with Gasteiger partial charge < -0.3 is 19.7 Å². The van der Waals surface area contributed by atoms with E-state index in [9.17, 15) is 9.59 Å². The van der Waals surface area contributed by atoms with E-state index in [2.05, 4.69) is 32.5 Å². The highest BCUT2D eigenvalue weighted by Gasteiger charge is 2.28. The Morgan fingerprint density at radius 3 is 1.97 bits per heavy atom. The van der Waals surface area contributed by atoms with Crippen molar-refractivity contribution in [1.29, 1.82) is 0 Å². The van der Waals surface area contributed by atoms with Crippen LogP contribution in [0, 0.1) is 13.8 Å². The van der Waals surface area contributed by atoms with Gasteiger partial charge in [0, 0.05) is 23.7 Å². The molecule has 0 aliphatic heterocycles. The van der Waals surface area contributed by atoms with Crippen LogP contribution in [0.2, 0.25) is 0 Å². The zero-order valence-corrected chi connectivity index (χ0v) is 18.2. The molecule has 0 saturated heterocycles. The second kappa shape index (κ2) is 9.05. The number of aryl methyl sites for hydroxylation is 2. The average molecular weight is 434 g/mol. The summed E-state index contributed by atoms with van der Waals surface area (Å²) in [5.41, 5.74) is 3.70. The van der Waals surface area contributed by atoms with Crippen LogP contribution in [0.1, 0.15) is 39.6 Å². The summed E-state index contributed by atoms with van der Waals surface area (Å²) in [6.45, 7) is 4.10. The van der Waals surface area contributed by atoms with E-state index >= 15 is 0 Å². The van der Waals surface area contributed by atoms with Crippen LogP contribution in [0.4, 0.5) is 0 Å². The summed E-state index contributed by atoms with van der Waals surface area (Å²) in [7, 11) is 1.57. The Morgan fingerprint density at radius 1 is 0.812 bits per heavy atom. The van der Waals surface area contributed by atoms with Gasteiger partial charge in [-0.2, -0.15) is 0 Å². The predicted molar refractivity (Wildman–Crippen MR) is 122 cm³/mol. The van der Waals surface area contributed by atoms with Crippen molar-refractivity contribution in [3.05, 3.63) is 103 Å². The molecule has 0 amide bonds. The van der Waals surface area contributed by atoms with Crippen molar-refractivity contribution < 1.29 is 9.47 Å². The van der Waals surface area contributed by atoms with E-state index in [-0.39, 0.29) is 11.1 Å². The first kappa shape index (κ1) is 21.3. The number of ether oxygens (including phenoxy) is 2. The lowest BCUT2D eigenvalue weighted by molar-refractivity contribution is 0.297. The summed E-state index contributed by atoms with van der Waals surface area (Å²) in [6, 6.07) is 15.6. The molecule has 4 N–H and O–H groups in total. The number of benzene rings is 2. The number of aromatic amines is 4. The maximum atomic E-state index is 12.6. The van der Waals surface area contributed by atoms with Crippen molar-refractivity contribution in [2.45, 2.75) is 26.2 Å². The number of hydrogen-bond donors (Lipinski definition) is 4. The Balaban J connectivity index is 1.69. The van der Waals surface area contributed by atoms with E-state index in [1.54, 1.807) is 21.0 Å². The van der Waals surface area contributed by atoms with E-state index in [4.69, 9.17) is 9.47 Å². The van der Waals surface area contributed by atoms with Crippen molar-refractivity contribution in [3.8, 4) is 11.5 Å². The van der Waals surface area contributed by atoms with Crippen molar-refractivity contribution in [2.24, 2.45) is 0 Å². The van der Waals surface area contributed by atoms with Gasteiger partial charge in [-0.25, -0.2) is 0 Å². The summed E-state index contributed by atoms with van der Waals surface area (Å²) in [4.78, 5) is 25.2. The minimum Gasteiger partial charge on any atom is -0.493 e. The van der Waals surface area contributed by atoms with Gasteiger partial charge in [0.05, 0.1) is 24.8 Å². The van der Waals surface area contributed by atoms with Crippen LogP contribution in [0.15, 0.2) is 58.1 Å². The van der Waals surface area contributed by atoms with Gasteiger partial charge in [0.25, 0.3) is 11.1 Å². The van der Waals surface area contributed by atoms with Crippen LogP contribution in [0.25, 0.3) is 0 Å². The Labute approximate surface area is 184 Å². The molecule has 0 fully saturated rings. The van der Waals surface area contributed by atoms with E-state index in [0.29, 0.717) is 40.6 Å². The van der Waals surface area contributed by atoms with Crippen molar-refractivity contribution in [1.82, 2.24) is 20.4 Å². The number of rotatable bonds is 8. The maximum Gasteiger partial charge on any atom is 0.268 e. The lowest BCUT2D eigenvalue weighted by atomic mass is 9.85. The highest BCUT2D eigenvalue weighted by atomic mass is 16.5. The molecular weight excluding hydrogens is 408 g/mol. The van der Waals surface area contributed by atoms with Crippen LogP contribution in [0.3, 0.4) is 0 Å². The van der Waals surface area contributed by atoms with Crippen LogP contribution < -0.4 is 20.6 Å². The highest BCUT2D eigenvalue weighted by Crippen LogP contribution is 2.36. The van der Waals surface area contributed by atoms with Crippen molar-refractivity contribution in [2.75, 3.05) is 13.7 Å². The maximum absolute atomic E-state index is 12.6. The van der Waals surface area contributed by atoms with Crippen LogP contribution >= 0.6 is 0 Å². The molecule has 0 aliphatic carbocycles. The Kier molecular flexibility index (Phi) is 6.02. The summed E-state index contributed by atoms with van der Waals surface area (Å²) in [5, 5.41) is 10.9. The third kappa shape index (κ3) is 4.12. The minimum absolute atomic E-state index is 0.269. The molecule has 166 valence electrons. The average Bonchev–Trinajstić information content (AvgIpc) is 3.31. The molecule has 0 unspecified atom stereocenters. The summed E-state index contributed by atoms with van der Waals surface area (Å²) in [6.07, 6.45) is 0.768. The van der Waals surface area contributed by atoms with Gasteiger partial charge in [0.2, 0.25) is 0 Å². The number of aromatic nitrogens is 4. The molecule has 0 saturated carbocycles. The molecule has 32 heavy (non-hydrogen) atoms. The topological polar surface area (TPSA) is 116 Å². The third-order valence-electron chi connectivity index (χ3n) is 5.61. The number of hydrogen-bond acceptors (Lipinski definition) is 4. The summed E-state index contributed by atoms with van der Waals surface area (Å²) in [5.74, 6) is 0.562. The smallest absolute Gasteiger partial charge is 0.268 e. The fourth-order valence-electron chi connectivity index (χ4n) is 3.99. The fraction of sp³-hybridized carbons (Fsp3) is 0.250. The van der Waals surface area contributed by atoms with Gasteiger partial charge >= 0.3 is 0 Å². The molecule has 0 atom stereocenters. The first-order valence-corrected chi connectivity index (χ1v) is 10.4. The lowest BCUT2D eigenvalue weighted by Crippen LogP contribution is -2.20. The molecular formula is C24H26N4O4. The molecule has 2 aromatic heterocycles. The van der Waals surface area contributed by atoms with Gasteiger partial charge in [-0.3, -0.25) is 19.8 Å². The monoisotopic (exact) mass is 434 g/mol. The largest absolute Gasteiger partial charge is 0.493 e. The zero-order chi connectivity index (χ0) is 22.7. The normalized spacial score (nSPS) is 11.1. The molecule has 2 heterocycles. The molecule has 2 aromatic carbocycles. The van der Waals surface area contributed by atoms with Crippen LogP contribution in [0.5, 0.6) is 11.5 Å².